The number of aliphatic hydroxyl groups excluding tert-OH is 1. The summed E-state index contributed by atoms with van der Waals surface area (Å²) >= 11 is 1.47. The van der Waals surface area contributed by atoms with Gasteiger partial charge in [0, 0.05) is 64.7 Å². The molecule has 0 aliphatic carbocycles. The van der Waals surface area contributed by atoms with Gasteiger partial charge < -0.3 is 20.3 Å². The number of hydrogen-bond acceptors (Lipinski definition) is 7. The van der Waals surface area contributed by atoms with E-state index >= 15 is 0 Å². The molecular weight excluding hydrogens is 520 g/mol. The molecule has 0 saturated heterocycles. The third kappa shape index (κ3) is 4.56. The minimum atomic E-state index is -0.195. The van der Waals surface area contributed by atoms with Crippen molar-refractivity contribution in [3.05, 3.63) is 86.6 Å². The van der Waals surface area contributed by atoms with E-state index in [1.165, 1.54) is 11.3 Å². The number of hydrogen-bond donors (Lipinski definition) is 3. The van der Waals surface area contributed by atoms with E-state index in [2.05, 4.69) is 38.3 Å². The second-order valence-corrected chi connectivity index (χ2v) is 11.3. The van der Waals surface area contributed by atoms with Gasteiger partial charge >= 0.3 is 0 Å². The van der Waals surface area contributed by atoms with E-state index in [1.54, 1.807) is 6.07 Å². The molecular formula is C31H28N6O2S. The maximum atomic E-state index is 13.2. The number of nitrogens with zero attached hydrogens (tertiary/aromatic N) is 4. The number of rotatable bonds is 5. The van der Waals surface area contributed by atoms with Crippen molar-refractivity contribution in [1.82, 2.24) is 19.9 Å². The van der Waals surface area contributed by atoms with E-state index in [0.29, 0.717) is 16.1 Å². The number of aromatic nitrogens is 3. The van der Waals surface area contributed by atoms with E-state index in [-0.39, 0.29) is 12.5 Å². The lowest BCUT2D eigenvalue weighted by atomic mass is 9.94. The van der Waals surface area contributed by atoms with Crippen molar-refractivity contribution in [2.75, 3.05) is 18.9 Å². The van der Waals surface area contributed by atoms with Crippen LogP contribution < -0.4 is 5.32 Å². The quantitative estimate of drug-likeness (QED) is 0.264. The Labute approximate surface area is 236 Å². The van der Waals surface area contributed by atoms with Crippen LogP contribution in [0, 0.1) is 25.2 Å². The van der Waals surface area contributed by atoms with Crippen LogP contribution in [0.4, 0.5) is 5.69 Å². The highest BCUT2D eigenvalue weighted by Gasteiger charge is 2.22. The summed E-state index contributed by atoms with van der Waals surface area (Å²) in [5, 5.41) is 23.7. The monoisotopic (exact) mass is 548 g/mol. The number of H-pyrrole nitrogens is 1. The fourth-order valence-electron chi connectivity index (χ4n) is 5.36. The van der Waals surface area contributed by atoms with Crippen LogP contribution in [-0.4, -0.2) is 44.5 Å². The highest BCUT2D eigenvalue weighted by Crippen LogP contribution is 2.36. The minimum absolute atomic E-state index is 0.129. The van der Waals surface area contributed by atoms with E-state index < -0.39 is 0 Å². The van der Waals surface area contributed by atoms with Crippen molar-refractivity contribution in [3.63, 3.8) is 0 Å². The number of likely N-dealkylation sites (N-methyl/N-ethyl adjacent to an activating group) is 1. The number of anilines is 1. The maximum Gasteiger partial charge on any atom is 0.284 e. The number of fused-ring (bicyclic) bond motifs is 2. The van der Waals surface area contributed by atoms with Gasteiger partial charge in [-0.1, -0.05) is 12.1 Å². The second kappa shape index (κ2) is 10.3. The molecule has 1 aliphatic rings. The number of nitrogens with one attached hydrogen (secondary N) is 2. The second-order valence-electron chi connectivity index (χ2n) is 10.2. The van der Waals surface area contributed by atoms with E-state index in [1.807, 2.05) is 56.6 Å². The van der Waals surface area contributed by atoms with Gasteiger partial charge in [0.2, 0.25) is 0 Å². The summed E-state index contributed by atoms with van der Waals surface area (Å²) in [6, 6.07) is 13.7. The summed E-state index contributed by atoms with van der Waals surface area (Å²) < 4.78 is 0. The number of aromatic amines is 1. The molecule has 0 bridgehead atoms. The molecule has 3 aromatic heterocycles. The fourth-order valence-corrected chi connectivity index (χ4v) is 6.44. The molecule has 6 rings (SSSR count). The summed E-state index contributed by atoms with van der Waals surface area (Å²) in [7, 11) is 2.08. The molecule has 3 N–H and O–H groups in total. The molecule has 0 spiro atoms. The molecule has 200 valence electrons. The summed E-state index contributed by atoms with van der Waals surface area (Å²) in [4.78, 5) is 29.1. The molecule has 1 amide bonds. The van der Waals surface area contributed by atoms with Gasteiger partial charge in [0.1, 0.15) is 6.07 Å². The normalized spacial score (nSPS) is 13.3. The Bertz CT molecular complexity index is 1830. The van der Waals surface area contributed by atoms with Crippen molar-refractivity contribution in [2.45, 2.75) is 33.4 Å². The largest absolute Gasteiger partial charge is 0.392 e. The number of pyridine rings is 1. The first-order valence-electron chi connectivity index (χ1n) is 13.1. The predicted molar refractivity (Wildman–Crippen MR) is 157 cm³/mol. The minimum Gasteiger partial charge on any atom is -0.392 e. The first-order chi connectivity index (χ1) is 19.4. The fraction of sp³-hybridized carbons (Fsp3) is 0.226. The van der Waals surface area contributed by atoms with Gasteiger partial charge in [0.05, 0.1) is 23.4 Å². The first-order valence-corrected chi connectivity index (χ1v) is 13.9. The summed E-state index contributed by atoms with van der Waals surface area (Å²) in [6.07, 6.45) is 4.51. The number of carbonyl (C=O) groups is 1. The Hall–Kier alpha value is -4.36. The van der Waals surface area contributed by atoms with E-state index in [4.69, 9.17) is 0 Å². The Morgan fingerprint density at radius 2 is 2.00 bits per heavy atom. The maximum absolute atomic E-state index is 13.2. The van der Waals surface area contributed by atoms with Gasteiger partial charge in [0.15, 0.2) is 5.01 Å². The lowest BCUT2D eigenvalue weighted by molar-refractivity contribution is 0.102. The van der Waals surface area contributed by atoms with Crippen LogP contribution >= 0.6 is 11.3 Å². The number of benzene rings is 2. The van der Waals surface area contributed by atoms with Gasteiger partial charge in [-0.15, -0.1) is 11.3 Å². The third-order valence-electron chi connectivity index (χ3n) is 7.59. The highest BCUT2D eigenvalue weighted by molar-refractivity contribution is 7.13. The van der Waals surface area contributed by atoms with Crippen LogP contribution in [0.15, 0.2) is 48.8 Å². The molecule has 0 unspecified atom stereocenters. The van der Waals surface area contributed by atoms with Crippen molar-refractivity contribution in [1.29, 1.82) is 5.26 Å². The zero-order chi connectivity index (χ0) is 28.0. The molecule has 40 heavy (non-hydrogen) atoms. The Morgan fingerprint density at radius 1 is 1.18 bits per heavy atom. The van der Waals surface area contributed by atoms with Crippen LogP contribution in [-0.2, 0) is 19.6 Å². The molecule has 8 nitrogen and oxygen atoms in total. The molecule has 0 radical (unpaired) electrons. The Kier molecular flexibility index (Phi) is 6.68. The summed E-state index contributed by atoms with van der Waals surface area (Å²) in [5.41, 5.74) is 9.32. The van der Waals surface area contributed by atoms with Gasteiger partial charge in [-0.25, -0.2) is 4.98 Å². The SMILES string of the molecule is Cc1c(NC(=O)c2nc3c(s2)CN(C)CC3)cccc1-c1cncc(-c2cc3cc(CO)cc(C#N)c3[nH]2)c1C. The number of thiazole rings is 1. The number of nitriles is 1. The topological polar surface area (TPSA) is 118 Å². The average Bonchev–Trinajstić information content (AvgIpc) is 3.58. The summed E-state index contributed by atoms with van der Waals surface area (Å²) in [6.45, 7) is 5.69. The molecule has 5 aromatic rings. The molecule has 4 heterocycles. The van der Waals surface area contributed by atoms with Gasteiger partial charge in [-0.2, -0.15) is 5.26 Å². The van der Waals surface area contributed by atoms with E-state index in [0.717, 1.165) is 80.2 Å². The smallest absolute Gasteiger partial charge is 0.284 e. The van der Waals surface area contributed by atoms with E-state index in [9.17, 15) is 15.2 Å². The molecule has 1 aliphatic heterocycles. The zero-order valence-electron chi connectivity index (χ0n) is 22.5. The van der Waals surface area contributed by atoms with Crippen molar-refractivity contribution in [2.24, 2.45) is 0 Å². The van der Waals surface area contributed by atoms with Crippen LogP contribution in [0.2, 0.25) is 0 Å². The number of carbonyl (C=O) groups excluding carboxylic acids is 1. The summed E-state index contributed by atoms with van der Waals surface area (Å²) in [5.74, 6) is -0.195. The van der Waals surface area contributed by atoms with Crippen LogP contribution in [0.5, 0.6) is 0 Å². The lowest BCUT2D eigenvalue weighted by Gasteiger charge is -2.20. The third-order valence-corrected chi connectivity index (χ3v) is 8.67. The van der Waals surface area contributed by atoms with Crippen LogP contribution in [0.3, 0.4) is 0 Å². The molecule has 9 heteroatoms. The molecule has 0 atom stereocenters. The van der Waals surface area contributed by atoms with Gasteiger partial charge in [-0.3, -0.25) is 9.78 Å². The van der Waals surface area contributed by atoms with Crippen LogP contribution in [0.1, 0.15) is 42.6 Å². The van der Waals surface area contributed by atoms with Gasteiger partial charge in [-0.05, 0) is 67.4 Å². The van der Waals surface area contributed by atoms with Crippen molar-refractivity contribution < 1.29 is 9.90 Å². The zero-order valence-corrected chi connectivity index (χ0v) is 23.3. The van der Waals surface area contributed by atoms with Crippen LogP contribution in [0.25, 0.3) is 33.3 Å². The standard InChI is InChI=1S/C31H28N6O2S/c1-17-23(13-33-14-24(17)27-11-20-9-19(16-38)10-21(12-32)29(20)34-27)22-5-4-6-25(18(22)2)35-30(39)31-36-26-7-8-37(3)15-28(26)40-31/h4-6,9-11,13-14,34,38H,7-8,15-16H2,1-3H3,(H,35,39). The van der Waals surface area contributed by atoms with Crippen molar-refractivity contribution in [3.8, 4) is 28.5 Å². The van der Waals surface area contributed by atoms with Crippen molar-refractivity contribution >= 4 is 33.8 Å². The number of aliphatic hydroxyl groups is 1. The number of amides is 1. The highest BCUT2D eigenvalue weighted by atomic mass is 32.1. The molecule has 0 fully saturated rings. The van der Waals surface area contributed by atoms with Gasteiger partial charge in [0.25, 0.3) is 5.91 Å². The Balaban J connectivity index is 1.34. The molecule has 2 aromatic carbocycles. The first kappa shape index (κ1) is 25.9. The predicted octanol–water partition coefficient (Wildman–Crippen LogP) is 5.57. The lowest BCUT2D eigenvalue weighted by Crippen LogP contribution is -2.25. The average molecular weight is 549 g/mol. The Morgan fingerprint density at radius 3 is 2.80 bits per heavy atom. The molecule has 0 saturated carbocycles.